The number of thioether (sulfide) groups is 1. The van der Waals surface area contributed by atoms with E-state index in [0.717, 1.165) is 11.3 Å². The maximum atomic E-state index is 12.8. The van der Waals surface area contributed by atoms with Crippen LogP contribution in [-0.2, 0) is 9.53 Å². The third kappa shape index (κ3) is 5.87. The van der Waals surface area contributed by atoms with Gasteiger partial charge in [0.25, 0.3) is 5.91 Å². The molecule has 0 fully saturated rings. The molecule has 0 saturated heterocycles. The van der Waals surface area contributed by atoms with Crippen LogP contribution in [0.2, 0.25) is 5.02 Å². The molecule has 2 N–H and O–H groups in total. The minimum Gasteiger partial charge on any atom is -0.462 e. The van der Waals surface area contributed by atoms with Gasteiger partial charge < -0.3 is 15.4 Å². The van der Waals surface area contributed by atoms with Crippen LogP contribution >= 0.6 is 34.7 Å². The molecule has 0 aliphatic rings. The Bertz CT molecular complexity index is 1140. The Hall–Kier alpha value is -2.88. The van der Waals surface area contributed by atoms with Crippen LogP contribution in [0.5, 0.6) is 0 Å². The van der Waals surface area contributed by atoms with Crippen LogP contribution < -0.4 is 10.6 Å². The molecule has 166 valence electrons. The Morgan fingerprint density at radius 1 is 1.12 bits per heavy atom. The topological polar surface area (TPSA) is 97.4 Å². The summed E-state index contributed by atoms with van der Waals surface area (Å²) in [5.74, 6) is -1.31. The van der Waals surface area contributed by atoms with E-state index in [-0.39, 0.29) is 34.7 Å². The van der Waals surface area contributed by atoms with Crippen molar-refractivity contribution < 1.29 is 19.1 Å². The molecule has 10 heteroatoms. The fraction of sp³-hybridized carbons (Fsp3) is 0.182. The van der Waals surface area contributed by atoms with Crippen LogP contribution in [0.25, 0.3) is 0 Å². The first-order valence-corrected chi connectivity index (χ1v) is 11.8. The smallest absolute Gasteiger partial charge is 0.341 e. The minimum atomic E-state index is -0.601. The Kier molecular flexibility index (Phi) is 8.26. The molecule has 2 aromatic heterocycles. The third-order valence-electron chi connectivity index (χ3n) is 4.18. The molecule has 0 aliphatic heterocycles. The van der Waals surface area contributed by atoms with Crippen LogP contribution in [0.4, 0.5) is 10.7 Å². The number of hydrogen-bond acceptors (Lipinski definition) is 7. The molecule has 0 radical (unpaired) electrons. The SMILES string of the molecule is CCOC(=O)c1c(NC(=O)CSc2ncccc2Cl)sc(C(=O)Nc2ccccc2)c1C. The number of pyridine rings is 1. The highest BCUT2D eigenvalue weighted by atomic mass is 35.5. The largest absolute Gasteiger partial charge is 0.462 e. The van der Waals surface area contributed by atoms with Crippen molar-refractivity contribution in [1.82, 2.24) is 4.98 Å². The molecule has 0 bridgehead atoms. The lowest BCUT2D eigenvalue weighted by molar-refractivity contribution is -0.113. The van der Waals surface area contributed by atoms with Gasteiger partial charge in [-0.05, 0) is 43.7 Å². The second-order valence-electron chi connectivity index (χ2n) is 6.43. The van der Waals surface area contributed by atoms with Crippen molar-refractivity contribution in [1.29, 1.82) is 0 Å². The highest BCUT2D eigenvalue weighted by molar-refractivity contribution is 8.00. The number of esters is 1. The van der Waals surface area contributed by atoms with E-state index in [1.54, 1.807) is 56.4 Å². The van der Waals surface area contributed by atoms with Gasteiger partial charge in [0.15, 0.2) is 0 Å². The Morgan fingerprint density at radius 2 is 1.88 bits per heavy atom. The molecule has 0 spiro atoms. The first kappa shape index (κ1) is 23.8. The summed E-state index contributed by atoms with van der Waals surface area (Å²) >= 11 is 8.27. The number of hydrogen-bond donors (Lipinski definition) is 2. The van der Waals surface area contributed by atoms with Gasteiger partial charge in [-0.15, -0.1) is 11.3 Å². The van der Waals surface area contributed by atoms with Gasteiger partial charge in [-0.25, -0.2) is 9.78 Å². The molecular weight excluding hydrogens is 470 g/mol. The summed E-state index contributed by atoms with van der Waals surface area (Å²) in [6.45, 7) is 3.51. The minimum absolute atomic E-state index is 0.0293. The fourth-order valence-corrected chi connectivity index (χ4v) is 4.82. The normalized spacial score (nSPS) is 10.5. The van der Waals surface area contributed by atoms with E-state index in [4.69, 9.17) is 16.3 Å². The van der Waals surface area contributed by atoms with E-state index in [2.05, 4.69) is 15.6 Å². The molecule has 2 heterocycles. The van der Waals surface area contributed by atoms with Gasteiger partial charge in [0.05, 0.1) is 27.8 Å². The van der Waals surface area contributed by atoms with E-state index in [1.165, 1.54) is 11.8 Å². The predicted molar refractivity (Wildman–Crippen MR) is 128 cm³/mol. The fourth-order valence-electron chi connectivity index (χ4n) is 2.75. The molecule has 1 aromatic carbocycles. The third-order valence-corrected chi connectivity index (χ3v) is 6.81. The van der Waals surface area contributed by atoms with E-state index >= 15 is 0 Å². The van der Waals surface area contributed by atoms with Gasteiger partial charge in [-0.2, -0.15) is 0 Å². The summed E-state index contributed by atoms with van der Waals surface area (Å²) < 4.78 is 5.14. The Morgan fingerprint density at radius 3 is 2.56 bits per heavy atom. The van der Waals surface area contributed by atoms with Crippen molar-refractivity contribution >= 4 is 63.2 Å². The number of carbonyl (C=O) groups is 3. The molecular formula is C22H20ClN3O4S2. The van der Waals surface area contributed by atoms with Crippen LogP contribution in [-0.4, -0.2) is 35.1 Å². The van der Waals surface area contributed by atoms with Gasteiger partial charge in [-0.1, -0.05) is 41.6 Å². The number of nitrogens with one attached hydrogen (secondary N) is 2. The summed E-state index contributed by atoms with van der Waals surface area (Å²) in [5.41, 5.74) is 1.24. The van der Waals surface area contributed by atoms with Crippen molar-refractivity contribution in [3.05, 3.63) is 69.7 Å². The molecule has 2 amide bonds. The lowest BCUT2D eigenvalue weighted by atomic mass is 10.1. The van der Waals surface area contributed by atoms with Crippen molar-refractivity contribution in [2.75, 3.05) is 23.0 Å². The standard InChI is InChI=1S/C22H20ClN3O4S2/c1-3-30-22(29)17-13(2)18(19(28)25-14-8-5-4-6-9-14)32-21(17)26-16(27)12-31-20-15(23)10-7-11-24-20/h4-11H,3,12H2,1-2H3,(H,25,28)(H,26,27). The number of halogens is 1. The van der Waals surface area contributed by atoms with Crippen LogP contribution in [0.3, 0.4) is 0 Å². The number of rotatable bonds is 8. The number of carbonyl (C=O) groups excluding carboxylic acids is 3. The number of anilines is 2. The highest BCUT2D eigenvalue weighted by Gasteiger charge is 2.26. The summed E-state index contributed by atoms with van der Waals surface area (Å²) in [5, 5.41) is 6.76. The van der Waals surface area contributed by atoms with Crippen LogP contribution in [0.15, 0.2) is 53.7 Å². The maximum Gasteiger partial charge on any atom is 0.341 e. The summed E-state index contributed by atoms with van der Waals surface area (Å²) in [6.07, 6.45) is 1.59. The molecule has 32 heavy (non-hydrogen) atoms. The maximum absolute atomic E-state index is 12.8. The molecule has 0 atom stereocenters. The Labute approximate surface area is 198 Å². The number of para-hydroxylation sites is 1. The van der Waals surface area contributed by atoms with E-state index in [1.807, 2.05) is 6.07 Å². The first-order chi connectivity index (χ1) is 15.4. The van der Waals surface area contributed by atoms with Crippen molar-refractivity contribution in [2.24, 2.45) is 0 Å². The zero-order valence-corrected chi connectivity index (χ0v) is 19.7. The van der Waals surface area contributed by atoms with Gasteiger partial charge >= 0.3 is 5.97 Å². The van der Waals surface area contributed by atoms with E-state index in [0.29, 0.717) is 26.2 Å². The zero-order valence-electron chi connectivity index (χ0n) is 17.3. The summed E-state index contributed by atoms with van der Waals surface area (Å²) in [4.78, 5) is 42.4. The van der Waals surface area contributed by atoms with Crippen molar-refractivity contribution in [3.8, 4) is 0 Å². The van der Waals surface area contributed by atoms with Gasteiger partial charge in [-0.3, -0.25) is 9.59 Å². The van der Waals surface area contributed by atoms with Crippen molar-refractivity contribution in [2.45, 2.75) is 18.9 Å². The monoisotopic (exact) mass is 489 g/mol. The first-order valence-electron chi connectivity index (χ1n) is 9.60. The summed E-state index contributed by atoms with van der Waals surface area (Å²) in [6, 6.07) is 12.4. The number of amides is 2. The van der Waals surface area contributed by atoms with Crippen LogP contribution in [0, 0.1) is 6.92 Å². The summed E-state index contributed by atoms with van der Waals surface area (Å²) in [7, 11) is 0. The van der Waals surface area contributed by atoms with Gasteiger partial charge in [0.1, 0.15) is 10.0 Å². The molecule has 3 rings (SSSR count). The highest BCUT2D eigenvalue weighted by Crippen LogP contribution is 2.35. The number of thiophene rings is 1. The number of ether oxygens (including phenoxy) is 1. The van der Waals surface area contributed by atoms with Crippen molar-refractivity contribution in [3.63, 3.8) is 0 Å². The second kappa shape index (κ2) is 11.1. The molecule has 7 nitrogen and oxygen atoms in total. The number of benzene rings is 1. The molecule has 0 aliphatic carbocycles. The van der Waals surface area contributed by atoms with E-state index in [9.17, 15) is 14.4 Å². The van der Waals surface area contributed by atoms with Crippen LogP contribution in [0.1, 0.15) is 32.5 Å². The predicted octanol–water partition coefficient (Wildman–Crippen LogP) is 5.26. The zero-order chi connectivity index (χ0) is 23.1. The second-order valence-corrected chi connectivity index (χ2v) is 8.82. The molecule has 0 saturated carbocycles. The van der Waals surface area contributed by atoms with Gasteiger partial charge in [0, 0.05) is 11.9 Å². The lowest BCUT2D eigenvalue weighted by Gasteiger charge is -2.07. The average molecular weight is 490 g/mol. The Balaban J connectivity index is 1.81. The molecule has 0 unspecified atom stereocenters. The number of nitrogens with zero attached hydrogens (tertiary/aromatic N) is 1. The van der Waals surface area contributed by atoms with Gasteiger partial charge in [0.2, 0.25) is 5.91 Å². The average Bonchev–Trinajstić information content (AvgIpc) is 3.10. The number of aromatic nitrogens is 1. The quantitative estimate of drug-likeness (QED) is 0.330. The molecule has 3 aromatic rings. The lowest BCUT2D eigenvalue weighted by Crippen LogP contribution is -2.16. The van der Waals surface area contributed by atoms with E-state index < -0.39 is 5.97 Å².